The fourth-order valence-corrected chi connectivity index (χ4v) is 2.75. The molecule has 2 aromatic rings. The van der Waals surface area contributed by atoms with Gasteiger partial charge in [-0.05, 0) is 38.1 Å². The average molecular weight is 303 g/mol. The summed E-state index contributed by atoms with van der Waals surface area (Å²) in [7, 11) is 0. The molecule has 0 amide bonds. The normalized spacial score (nSPS) is 10.7. The van der Waals surface area contributed by atoms with E-state index in [4.69, 9.17) is 0 Å². The summed E-state index contributed by atoms with van der Waals surface area (Å²) in [5.74, 6) is 1.71. The lowest BCUT2D eigenvalue weighted by molar-refractivity contribution is 0.866. The molecule has 112 valence electrons. The van der Waals surface area contributed by atoms with Gasteiger partial charge in [-0.2, -0.15) is 0 Å². The van der Waals surface area contributed by atoms with E-state index in [0.717, 1.165) is 52.6 Å². The molecule has 0 unspecified atom stereocenters. The maximum atomic E-state index is 4.55. The van der Waals surface area contributed by atoms with Crippen LogP contribution in [0.4, 0.5) is 5.82 Å². The standard InChI is InChI=1S/C15H21N5S/c1-5-7-16-13-9-14(20-12(6-2)19-13)21-15-17-10(3)8-11(4)18-15/h8-9H,5-7H2,1-4H3,(H,16,19,20). The summed E-state index contributed by atoms with van der Waals surface area (Å²) >= 11 is 1.48. The maximum Gasteiger partial charge on any atom is 0.194 e. The molecule has 2 rings (SSSR count). The first-order valence-electron chi connectivity index (χ1n) is 7.22. The Hall–Kier alpha value is -1.69. The van der Waals surface area contributed by atoms with Crippen LogP contribution in [-0.2, 0) is 6.42 Å². The van der Waals surface area contributed by atoms with Gasteiger partial charge in [0.25, 0.3) is 0 Å². The molecule has 0 saturated carbocycles. The van der Waals surface area contributed by atoms with Gasteiger partial charge in [-0.25, -0.2) is 19.9 Å². The molecule has 1 N–H and O–H groups in total. The Kier molecular flexibility index (Phi) is 5.50. The molecular formula is C15H21N5S. The van der Waals surface area contributed by atoms with E-state index >= 15 is 0 Å². The fourth-order valence-electron chi connectivity index (χ4n) is 1.86. The van der Waals surface area contributed by atoms with E-state index in [9.17, 15) is 0 Å². The number of anilines is 1. The lowest BCUT2D eigenvalue weighted by Crippen LogP contribution is -2.05. The van der Waals surface area contributed by atoms with Crippen molar-refractivity contribution < 1.29 is 0 Å². The highest BCUT2D eigenvalue weighted by atomic mass is 32.2. The van der Waals surface area contributed by atoms with Crippen molar-refractivity contribution >= 4 is 17.6 Å². The van der Waals surface area contributed by atoms with Crippen molar-refractivity contribution in [2.75, 3.05) is 11.9 Å². The number of hydrogen-bond donors (Lipinski definition) is 1. The van der Waals surface area contributed by atoms with E-state index in [1.165, 1.54) is 11.8 Å². The van der Waals surface area contributed by atoms with Gasteiger partial charge in [-0.1, -0.05) is 13.8 Å². The van der Waals surface area contributed by atoms with Gasteiger partial charge in [0.05, 0.1) is 0 Å². The number of rotatable bonds is 6. The van der Waals surface area contributed by atoms with Crippen molar-refractivity contribution in [3.63, 3.8) is 0 Å². The van der Waals surface area contributed by atoms with Crippen LogP contribution in [-0.4, -0.2) is 26.5 Å². The van der Waals surface area contributed by atoms with Crippen LogP contribution in [0, 0.1) is 13.8 Å². The Morgan fingerprint density at radius 2 is 1.71 bits per heavy atom. The van der Waals surface area contributed by atoms with E-state index in [-0.39, 0.29) is 0 Å². The summed E-state index contributed by atoms with van der Waals surface area (Å²) in [5, 5.41) is 4.92. The number of nitrogens with one attached hydrogen (secondary N) is 1. The van der Waals surface area contributed by atoms with Crippen LogP contribution < -0.4 is 5.32 Å². The van der Waals surface area contributed by atoms with Crippen molar-refractivity contribution in [1.82, 2.24) is 19.9 Å². The van der Waals surface area contributed by atoms with Crippen LogP contribution in [0.3, 0.4) is 0 Å². The van der Waals surface area contributed by atoms with Gasteiger partial charge in [-0.3, -0.25) is 0 Å². The zero-order valence-electron chi connectivity index (χ0n) is 13.0. The van der Waals surface area contributed by atoms with E-state index < -0.39 is 0 Å². The van der Waals surface area contributed by atoms with Crippen LogP contribution in [0.1, 0.15) is 37.5 Å². The molecule has 0 bridgehead atoms. The second kappa shape index (κ2) is 7.36. The first kappa shape index (κ1) is 15.7. The Labute approximate surface area is 130 Å². The zero-order chi connectivity index (χ0) is 15.2. The highest BCUT2D eigenvalue weighted by Gasteiger charge is 2.08. The van der Waals surface area contributed by atoms with Crippen molar-refractivity contribution in [2.45, 2.75) is 50.7 Å². The Balaban J connectivity index is 2.25. The van der Waals surface area contributed by atoms with Gasteiger partial charge in [0.1, 0.15) is 16.7 Å². The number of hydrogen-bond acceptors (Lipinski definition) is 6. The smallest absolute Gasteiger partial charge is 0.194 e. The Morgan fingerprint density at radius 1 is 1.00 bits per heavy atom. The molecule has 2 aromatic heterocycles. The van der Waals surface area contributed by atoms with Gasteiger partial charge in [-0.15, -0.1) is 0 Å². The van der Waals surface area contributed by atoms with Crippen LogP contribution in [0.2, 0.25) is 0 Å². The topological polar surface area (TPSA) is 63.6 Å². The van der Waals surface area contributed by atoms with Crippen molar-refractivity contribution in [3.8, 4) is 0 Å². The molecule has 5 nitrogen and oxygen atoms in total. The minimum absolute atomic E-state index is 0.731. The minimum atomic E-state index is 0.731. The van der Waals surface area contributed by atoms with E-state index in [0.29, 0.717) is 0 Å². The number of nitrogens with zero attached hydrogens (tertiary/aromatic N) is 4. The lowest BCUT2D eigenvalue weighted by Gasteiger charge is -2.08. The maximum absolute atomic E-state index is 4.55. The predicted molar refractivity (Wildman–Crippen MR) is 85.8 cm³/mol. The summed E-state index contributed by atoms with van der Waals surface area (Å²) in [6.45, 7) is 9.05. The number of aromatic nitrogens is 4. The lowest BCUT2D eigenvalue weighted by atomic mass is 10.4. The van der Waals surface area contributed by atoms with Crippen molar-refractivity contribution in [2.24, 2.45) is 0 Å². The Morgan fingerprint density at radius 3 is 2.33 bits per heavy atom. The molecule has 0 radical (unpaired) electrons. The molecule has 0 aliphatic rings. The van der Waals surface area contributed by atoms with Crippen molar-refractivity contribution in [3.05, 3.63) is 29.3 Å². The third kappa shape index (κ3) is 4.67. The number of aryl methyl sites for hydroxylation is 3. The first-order valence-corrected chi connectivity index (χ1v) is 8.04. The second-order valence-electron chi connectivity index (χ2n) is 4.82. The van der Waals surface area contributed by atoms with Gasteiger partial charge in [0, 0.05) is 30.4 Å². The highest BCUT2D eigenvalue weighted by molar-refractivity contribution is 7.99. The molecular weight excluding hydrogens is 282 g/mol. The molecule has 6 heteroatoms. The van der Waals surface area contributed by atoms with Gasteiger partial charge >= 0.3 is 0 Å². The van der Waals surface area contributed by atoms with Gasteiger partial charge < -0.3 is 5.32 Å². The van der Waals surface area contributed by atoms with Crippen LogP contribution in [0.5, 0.6) is 0 Å². The van der Waals surface area contributed by atoms with E-state index in [1.54, 1.807) is 0 Å². The molecule has 0 atom stereocenters. The summed E-state index contributed by atoms with van der Waals surface area (Å²) in [5.41, 5.74) is 1.94. The minimum Gasteiger partial charge on any atom is -0.370 e. The molecule has 0 saturated heterocycles. The van der Waals surface area contributed by atoms with Gasteiger partial charge in [0.15, 0.2) is 5.16 Å². The van der Waals surface area contributed by atoms with Crippen molar-refractivity contribution in [1.29, 1.82) is 0 Å². The molecule has 0 aliphatic carbocycles. The summed E-state index contributed by atoms with van der Waals surface area (Å²) in [6.07, 6.45) is 1.87. The largest absolute Gasteiger partial charge is 0.370 e. The third-order valence-electron chi connectivity index (χ3n) is 2.78. The fraction of sp³-hybridized carbons (Fsp3) is 0.467. The van der Waals surface area contributed by atoms with Crippen LogP contribution in [0.25, 0.3) is 0 Å². The zero-order valence-corrected chi connectivity index (χ0v) is 13.8. The van der Waals surface area contributed by atoms with E-state index in [1.807, 2.05) is 26.0 Å². The highest BCUT2D eigenvalue weighted by Crippen LogP contribution is 2.25. The predicted octanol–water partition coefficient (Wildman–Crippen LogP) is 3.42. The molecule has 2 heterocycles. The van der Waals surface area contributed by atoms with Crippen LogP contribution in [0.15, 0.2) is 22.3 Å². The molecule has 0 fully saturated rings. The quantitative estimate of drug-likeness (QED) is 0.651. The monoisotopic (exact) mass is 303 g/mol. The average Bonchev–Trinajstić information content (AvgIpc) is 2.43. The summed E-state index contributed by atoms with van der Waals surface area (Å²) < 4.78 is 0. The third-order valence-corrected chi connectivity index (χ3v) is 3.56. The summed E-state index contributed by atoms with van der Waals surface area (Å²) in [4.78, 5) is 17.9. The Bertz CT molecular complexity index is 595. The SMILES string of the molecule is CCCNc1cc(Sc2nc(C)cc(C)n2)nc(CC)n1. The van der Waals surface area contributed by atoms with Gasteiger partial charge in [0.2, 0.25) is 0 Å². The molecule has 21 heavy (non-hydrogen) atoms. The van der Waals surface area contributed by atoms with E-state index in [2.05, 4.69) is 39.1 Å². The summed E-state index contributed by atoms with van der Waals surface area (Å²) in [6, 6.07) is 3.93. The molecule has 0 aromatic carbocycles. The molecule has 0 spiro atoms. The first-order chi connectivity index (χ1) is 10.1. The molecule has 0 aliphatic heterocycles. The van der Waals surface area contributed by atoms with Crippen LogP contribution >= 0.6 is 11.8 Å². The second-order valence-corrected chi connectivity index (χ2v) is 5.81.